The Morgan fingerprint density at radius 3 is 2.79 bits per heavy atom. The van der Waals surface area contributed by atoms with E-state index in [0.29, 0.717) is 12.3 Å². The molecule has 1 aromatic heterocycles. The maximum Gasteiger partial charge on any atom is 0.265 e. The van der Waals surface area contributed by atoms with Crippen molar-refractivity contribution in [2.75, 3.05) is 5.32 Å². The first-order valence-electron chi connectivity index (χ1n) is 7.78. The third-order valence-corrected chi connectivity index (χ3v) is 3.54. The van der Waals surface area contributed by atoms with E-state index in [1.165, 1.54) is 0 Å². The highest BCUT2D eigenvalue weighted by Crippen LogP contribution is 2.14. The Hall–Kier alpha value is -3.08. The summed E-state index contributed by atoms with van der Waals surface area (Å²) in [7, 11) is 0. The minimum atomic E-state index is -0.579. The Bertz CT molecular complexity index is 785. The maximum atomic E-state index is 12.3. The van der Waals surface area contributed by atoms with Gasteiger partial charge in [0.15, 0.2) is 6.10 Å². The fourth-order valence-electron chi connectivity index (χ4n) is 2.34. The lowest BCUT2D eigenvalue weighted by molar-refractivity contribution is -0.122. The van der Waals surface area contributed by atoms with Crippen LogP contribution >= 0.6 is 0 Å². The molecule has 0 radical (unpaired) electrons. The molecule has 0 bridgehead atoms. The van der Waals surface area contributed by atoms with E-state index in [2.05, 4.69) is 10.3 Å². The van der Waals surface area contributed by atoms with Gasteiger partial charge in [-0.05, 0) is 36.8 Å². The van der Waals surface area contributed by atoms with Crippen molar-refractivity contribution in [2.24, 2.45) is 0 Å². The molecule has 1 amide bonds. The number of hydrogen-bond donors (Lipinski definition) is 1. The molecule has 0 aliphatic carbocycles. The number of amides is 1. The number of anilines is 1. The zero-order valence-corrected chi connectivity index (χ0v) is 13.4. The van der Waals surface area contributed by atoms with Crippen LogP contribution in [0.2, 0.25) is 0 Å². The van der Waals surface area contributed by atoms with Gasteiger partial charge in [-0.25, -0.2) is 4.98 Å². The molecule has 0 aliphatic rings. The number of ether oxygens (including phenoxy) is 1. The third-order valence-electron chi connectivity index (χ3n) is 3.54. The van der Waals surface area contributed by atoms with Crippen molar-refractivity contribution in [3.8, 4) is 5.75 Å². The van der Waals surface area contributed by atoms with Gasteiger partial charge in [-0.3, -0.25) is 4.79 Å². The van der Waals surface area contributed by atoms with Crippen molar-refractivity contribution < 1.29 is 9.53 Å². The van der Waals surface area contributed by atoms with Crippen LogP contribution in [-0.4, -0.2) is 21.6 Å². The highest BCUT2D eigenvalue weighted by atomic mass is 16.5. The van der Waals surface area contributed by atoms with Gasteiger partial charge in [-0.1, -0.05) is 30.3 Å². The number of nitrogens with zero attached hydrogens (tertiary/aromatic N) is 2. The molecule has 5 heteroatoms. The van der Waals surface area contributed by atoms with Crippen LogP contribution in [0.1, 0.15) is 12.5 Å². The van der Waals surface area contributed by atoms with E-state index >= 15 is 0 Å². The highest BCUT2D eigenvalue weighted by Gasteiger charge is 2.14. The second-order valence-electron chi connectivity index (χ2n) is 5.50. The molecule has 0 aliphatic heterocycles. The summed E-state index contributed by atoms with van der Waals surface area (Å²) in [4.78, 5) is 16.3. The van der Waals surface area contributed by atoms with Gasteiger partial charge >= 0.3 is 0 Å². The molecule has 1 N–H and O–H groups in total. The van der Waals surface area contributed by atoms with Crippen molar-refractivity contribution in [3.63, 3.8) is 0 Å². The van der Waals surface area contributed by atoms with Gasteiger partial charge in [0, 0.05) is 24.6 Å². The number of nitrogens with one attached hydrogen (secondary N) is 1. The molecule has 0 unspecified atom stereocenters. The normalized spacial score (nSPS) is 11.7. The number of carbonyl (C=O) groups excluding carboxylic acids is 1. The van der Waals surface area contributed by atoms with Crippen molar-refractivity contribution in [2.45, 2.75) is 19.6 Å². The summed E-state index contributed by atoms with van der Waals surface area (Å²) in [6.45, 7) is 2.44. The van der Waals surface area contributed by atoms with Gasteiger partial charge in [0.25, 0.3) is 5.91 Å². The first-order valence-corrected chi connectivity index (χ1v) is 7.78. The van der Waals surface area contributed by atoms with Gasteiger partial charge in [0.05, 0.1) is 6.33 Å². The van der Waals surface area contributed by atoms with Crippen molar-refractivity contribution in [3.05, 3.63) is 78.9 Å². The predicted molar refractivity (Wildman–Crippen MR) is 92.9 cm³/mol. The molecular formula is C19H19N3O2. The van der Waals surface area contributed by atoms with Crippen molar-refractivity contribution in [1.82, 2.24) is 9.55 Å². The average molecular weight is 321 g/mol. The number of hydrogen-bond acceptors (Lipinski definition) is 3. The van der Waals surface area contributed by atoms with Crippen LogP contribution in [0.15, 0.2) is 73.3 Å². The summed E-state index contributed by atoms with van der Waals surface area (Å²) in [6, 6.07) is 17.1. The number of imidazole rings is 1. The molecule has 3 rings (SSSR count). The highest BCUT2D eigenvalue weighted by molar-refractivity contribution is 5.94. The van der Waals surface area contributed by atoms with Crippen LogP contribution in [0.3, 0.4) is 0 Å². The van der Waals surface area contributed by atoms with E-state index < -0.39 is 6.10 Å². The van der Waals surface area contributed by atoms with Crippen LogP contribution in [0.5, 0.6) is 5.75 Å². The molecule has 1 atom stereocenters. The summed E-state index contributed by atoms with van der Waals surface area (Å²) in [5, 5.41) is 2.89. The van der Waals surface area contributed by atoms with Gasteiger partial charge in [0.2, 0.25) is 0 Å². The van der Waals surface area contributed by atoms with E-state index in [9.17, 15) is 4.79 Å². The van der Waals surface area contributed by atoms with Crippen molar-refractivity contribution >= 4 is 11.6 Å². The Balaban J connectivity index is 1.61. The number of carbonyl (C=O) groups is 1. The molecule has 5 nitrogen and oxygen atoms in total. The lowest BCUT2D eigenvalue weighted by Gasteiger charge is -2.15. The minimum absolute atomic E-state index is 0.182. The lowest BCUT2D eigenvalue weighted by Crippen LogP contribution is -2.30. The topological polar surface area (TPSA) is 56.1 Å². The second-order valence-corrected chi connectivity index (χ2v) is 5.50. The molecule has 3 aromatic rings. The standard InChI is InChI=1S/C19H19N3O2/c1-15(24-18-8-3-2-4-9-18)19(23)21-17-7-5-6-16(12-17)13-22-11-10-20-14-22/h2-12,14-15H,13H2,1H3,(H,21,23)/t15-/m0/s1. The summed E-state index contributed by atoms with van der Waals surface area (Å²) in [5.74, 6) is 0.493. The fraction of sp³-hybridized carbons (Fsp3) is 0.158. The molecule has 0 saturated carbocycles. The SMILES string of the molecule is C[C@H](Oc1ccccc1)C(=O)Nc1cccc(Cn2ccnc2)c1. The largest absolute Gasteiger partial charge is 0.481 e. The number of benzene rings is 2. The number of aromatic nitrogens is 2. The molecule has 24 heavy (non-hydrogen) atoms. The van der Waals surface area contributed by atoms with Gasteiger partial charge in [-0.2, -0.15) is 0 Å². The Kier molecular flexibility index (Phi) is 4.91. The first kappa shape index (κ1) is 15.8. The summed E-state index contributed by atoms with van der Waals surface area (Å²) >= 11 is 0. The monoisotopic (exact) mass is 321 g/mol. The minimum Gasteiger partial charge on any atom is -0.481 e. The summed E-state index contributed by atoms with van der Waals surface area (Å²) in [6.07, 6.45) is 4.83. The van der Waals surface area contributed by atoms with Crippen molar-refractivity contribution in [1.29, 1.82) is 0 Å². The van der Waals surface area contributed by atoms with Crippen LogP contribution in [0.4, 0.5) is 5.69 Å². The number of para-hydroxylation sites is 1. The smallest absolute Gasteiger partial charge is 0.265 e. The van der Waals surface area contributed by atoms with E-state index in [4.69, 9.17) is 4.74 Å². The first-order chi connectivity index (χ1) is 11.7. The Morgan fingerprint density at radius 1 is 1.21 bits per heavy atom. The number of rotatable bonds is 6. The van der Waals surface area contributed by atoms with Crippen LogP contribution in [0, 0.1) is 0 Å². The molecule has 1 heterocycles. The quantitative estimate of drug-likeness (QED) is 0.757. The summed E-state index contributed by atoms with van der Waals surface area (Å²) in [5.41, 5.74) is 1.84. The Morgan fingerprint density at radius 2 is 2.04 bits per heavy atom. The molecule has 122 valence electrons. The second kappa shape index (κ2) is 7.46. The zero-order valence-electron chi connectivity index (χ0n) is 13.4. The van der Waals surface area contributed by atoms with E-state index in [0.717, 1.165) is 11.3 Å². The third kappa shape index (κ3) is 4.23. The predicted octanol–water partition coefficient (Wildman–Crippen LogP) is 3.34. The maximum absolute atomic E-state index is 12.3. The molecular weight excluding hydrogens is 302 g/mol. The van der Waals surface area contributed by atoms with Crippen LogP contribution in [0.25, 0.3) is 0 Å². The molecule has 0 fully saturated rings. The Labute approximate surface area is 140 Å². The summed E-state index contributed by atoms with van der Waals surface area (Å²) < 4.78 is 7.61. The van der Waals surface area contributed by atoms with Gasteiger partial charge in [0.1, 0.15) is 5.75 Å². The van der Waals surface area contributed by atoms with E-state index in [1.807, 2.05) is 65.4 Å². The van der Waals surface area contributed by atoms with Gasteiger partial charge in [-0.15, -0.1) is 0 Å². The molecule has 0 saturated heterocycles. The average Bonchev–Trinajstić information content (AvgIpc) is 3.09. The van der Waals surface area contributed by atoms with Crippen LogP contribution < -0.4 is 10.1 Å². The zero-order chi connectivity index (χ0) is 16.8. The van der Waals surface area contributed by atoms with Crippen LogP contribution in [-0.2, 0) is 11.3 Å². The fourth-order valence-corrected chi connectivity index (χ4v) is 2.34. The lowest BCUT2D eigenvalue weighted by atomic mass is 10.2. The van der Waals surface area contributed by atoms with E-state index in [1.54, 1.807) is 19.4 Å². The van der Waals surface area contributed by atoms with E-state index in [-0.39, 0.29) is 5.91 Å². The molecule has 2 aromatic carbocycles. The van der Waals surface area contributed by atoms with Gasteiger partial charge < -0.3 is 14.6 Å². The molecule has 0 spiro atoms.